The molecule has 2 rings (SSSR count). The Morgan fingerprint density at radius 1 is 1.13 bits per heavy atom. The van der Waals surface area contributed by atoms with E-state index in [0.29, 0.717) is 6.42 Å². The molecule has 1 fully saturated rings. The Hall–Kier alpha value is -1.61. The molecule has 1 heterocycles. The summed E-state index contributed by atoms with van der Waals surface area (Å²) >= 11 is 0. The summed E-state index contributed by atoms with van der Waals surface area (Å²) in [5, 5.41) is 0. The summed E-state index contributed by atoms with van der Waals surface area (Å²) in [6, 6.07) is 8.06. The number of benzene rings is 1. The predicted octanol–water partition coefficient (Wildman–Crippen LogP) is 4.32. The highest BCUT2D eigenvalue weighted by Crippen LogP contribution is 2.19. The normalized spacial score (nSPS) is 17.7. The number of hydrogen-bond acceptors (Lipinski definition) is 3. The zero-order valence-corrected chi connectivity index (χ0v) is 14.5. The Labute approximate surface area is 140 Å². The quantitative estimate of drug-likeness (QED) is 0.528. The number of carbonyl (C=O) groups is 1. The first-order chi connectivity index (χ1) is 11.2. The fourth-order valence-corrected chi connectivity index (χ4v) is 2.87. The first-order valence-electron chi connectivity index (χ1n) is 8.92. The molecule has 0 radical (unpaired) electrons. The summed E-state index contributed by atoms with van der Waals surface area (Å²) in [6.45, 7) is 7.89. The van der Waals surface area contributed by atoms with Crippen LogP contribution in [-0.2, 0) is 4.79 Å². The van der Waals surface area contributed by atoms with E-state index in [4.69, 9.17) is 4.74 Å². The minimum atomic E-state index is 0.289. The minimum Gasteiger partial charge on any atom is -0.494 e. The first-order valence-corrected chi connectivity index (χ1v) is 8.92. The number of piperidine rings is 1. The summed E-state index contributed by atoms with van der Waals surface area (Å²) in [4.78, 5) is 14.5. The van der Waals surface area contributed by atoms with Crippen LogP contribution >= 0.6 is 0 Å². The summed E-state index contributed by atoms with van der Waals surface area (Å²) in [6.07, 6.45) is 7.32. The lowest BCUT2D eigenvalue weighted by Gasteiger charge is -2.27. The van der Waals surface area contributed by atoms with Crippen LogP contribution in [0.1, 0.15) is 51.5 Å². The fourth-order valence-electron chi connectivity index (χ4n) is 2.87. The standard InChI is InChI=1S/C20H29NO2/c1-3-5-6-14-23-19-9-7-17(8-10-19)15-18-16-21(12-4-2)13-11-20(18)22/h7-10,15H,3-6,11-14,16H2,1-2H3/b18-15+. The average molecular weight is 315 g/mol. The Morgan fingerprint density at radius 2 is 1.91 bits per heavy atom. The van der Waals surface area contributed by atoms with Crippen molar-refractivity contribution in [2.75, 3.05) is 26.2 Å². The maximum atomic E-state index is 12.1. The molecule has 0 aromatic heterocycles. The van der Waals surface area contributed by atoms with E-state index in [0.717, 1.165) is 56.0 Å². The van der Waals surface area contributed by atoms with E-state index in [9.17, 15) is 4.79 Å². The average Bonchev–Trinajstić information content (AvgIpc) is 2.56. The number of Topliss-reactive ketones (excluding diaryl/α,β-unsaturated/α-hetero) is 1. The van der Waals surface area contributed by atoms with Crippen molar-refractivity contribution in [2.24, 2.45) is 0 Å². The lowest BCUT2D eigenvalue weighted by atomic mass is 10.00. The van der Waals surface area contributed by atoms with Gasteiger partial charge in [-0.2, -0.15) is 0 Å². The lowest BCUT2D eigenvalue weighted by Crippen LogP contribution is -2.36. The maximum Gasteiger partial charge on any atom is 0.161 e. The second-order valence-electron chi connectivity index (χ2n) is 6.24. The molecule has 3 nitrogen and oxygen atoms in total. The number of ketones is 1. The largest absolute Gasteiger partial charge is 0.494 e. The highest BCUT2D eigenvalue weighted by molar-refractivity contribution is 6.00. The third-order valence-electron chi connectivity index (χ3n) is 4.18. The SMILES string of the molecule is CCCCCOc1ccc(/C=C2\CN(CCC)CCC2=O)cc1. The monoisotopic (exact) mass is 315 g/mol. The van der Waals surface area contributed by atoms with Gasteiger partial charge in [0.15, 0.2) is 5.78 Å². The van der Waals surface area contributed by atoms with Gasteiger partial charge < -0.3 is 4.74 Å². The van der Waals surface area contributed by atoms with Gasteiger partial charge in [-0.05, 0) is 43.2 Å². The van der Waals surface area contributed by atoms with Gasteiger partial charge >= 0.3 is 0 Å². The number of rotatable bonds is 8. The van der Waals surface area contributed by atoms with Crippen LogP contribution in [0, 0.1) is 0 Å². The van der Waals surface area contributed by atoms with Gasteiger partial charge in [0.2, 0.25) is 0 Å². The van der Waals surface area contributed by atoms with Gasteiger partial charge in [-0.15, -0.1) is 0 Å². The third-order valence-corrected chi connectivity index (χ3v) is 4.18. The van der Waals surface area contributed by atoms with Gasteiger partial charge in [0.25, 0.3) is 0 Å². The summed E-state index contributed by atoms with van der Waals surface area (Å²) in [5.74, 6) is 1.20. The molecule has 1 aromatic carbocycles. The molecule has 1 aromatic rings. The van der Waals surface area contributed by atoms with E-state index < -0.39 is 0 Å². The smallest absolute Gasteiger partial charge is 0.161 e. The molecule has 1 aliphatic rings. The van der Waals surface area contributed by atoms with E-state index in [1.54, 1.807) is 0 Å². The van der Waals surface area contributed by atoms with Crippen LogP contribution in [-0.4, -0.2) is 36.9 Å². The minimum absolute atomic E-state index is 0.289. The number of hydrogen-bond donors (Lipinski definition) is 0. The molecule has 3 heteroatoms. The number of carbonyl (C=O) groups excluding carboxylic acids is 1. The van der Waals surface area contributed by atoms with Crippen molar-refractivity contribution in [2.45, 2.75) is 46.0 Å². The molecule has 0 aliphatic carbocycles. The van der Waals surface area contributed by atoms with Crippen molar-refractivity contribution in [1.29, 1.82) is 0 Å². The predicted molar refractivity (Wildman–Crippen MR) is 95.8 cm³/mol. The zero-order valence-electron chi connectivity index (χ0n) is 14.5. The third kappa shape index (κ3) is 5.83. The van der Waals surface area contributed by atoms with Crippen LogP contribution < -0.4 is 4.74 Å². The summed E-state index contributed by atoms with van der Waals surface area (Å²) < 4.78 is 5.73. The number of unbranched alkanes of at least 4 members (excludes halogenated alkanes) is 2. The lowest BCUT2D eigenvalue weighted by molar-refractivity contribution is -0.117. The molecule has 1 saturated heterocycles. The molecule has 0 atom stereocenters. The molecule has 0 unspecified atom stereocenters. The molecular formula is C20H29NO2. The Morgan fingerprint density at radius 3 is 2.61 bits per heavy atom. The van der Waals surface area contributed by atoms with Gasteiger partial charge in [0, 0.05) is 25.1 Å². The Kier molecular flexibility index (Phi) is 7.34. The van der Waals surface area contributed by atoms with Gasteiger partial charge in [-0.1, -0.05) is 38.8 Å². The Bertz CT molecular complexity index is 519. The second-order valence-corrected chi connectivity index (χ2v) is 6.24. The van der Waals surface area contributed by atoms with E-state index in [1.165, 1.54) is 12.8 Å². The van der Waals surface area contributed by atoms with Gasteiger partial charge in [0.05, 0.1) is 6.61 Å². The molecule has 1 aliphatic heterocycles. The van der Waals surface area contributed by atoms with Crippen LogP contribution in [0.25, 0.3) is 6.08 Å². The van der Waals surface area contributed by atoms with Crippen LogP contribution in [0.2, 0.25) is 0 Å². The van der Waals surface area contributed by atoms with Crippen LogP contribution in [0.4, 0.5) is 0 Å². The highest BCUT2D eigenvalue weighted by Gasteiger charge is 2.20. The number of nitrogens with zero attached hydrogens (tertiary/aromatic N) is 1. The van der Waals surface area contributed by atoms with Crippen LogP contribution in [0.3, 0.4) is 0 Å². The van der Waals surface area contributed by atoms with E-state index >= 15 is 0 Å². The van der Waals surface area contributed by atoms with Crippen LogP contribution in [0.5, 0.6) is 5.75 Å². The van der Waals surface area contributed by atoms with Crippen molar-refractivity contribution in [3.05, 3.63) is 35.4 Å². The van der Waals surface area contributed by atoms with Gasteiger partial charge in [0.1, 0.15) is 5.75 Å². The molecule has 0 spiro atoms. The highest BCUT2D eigenvalue weighted by atomic mass is 16.5. The maximum absolute atomic E-state index is 12.1. The van der Waals surface area contributed by atoms with E-state index in [1.807, 2.05) is 30.3 Å². The number of ether oxygens (including phenoxy) is 1. The van der Waals surface area contributed by atoms with Crippen molar-refractivity contribution in [3.63, 3.8) is 0 Å². The number of likely N-dealkylation sites (tertiary alicyclic amines) is 1. The van der Waals surface area contributed by atoms with Crippen molar-refractivity contribution < 1.29 is 9.53 Å². The zero-order chi connectivity index (χ0) is 16.5. The molecule has 0 N–H and O–H groups in total. The van der Waals surface area contributed by atoms with Gasteiger partial charge in [-0.25, -0.2) is 0 Å². The van der Waals surface area contributed by atoms with Crippen molar-refractivity contribution in [3.8, 4) is 5.75 Å². The summed E-state index contributed by atoms with van der Waals surface area (Å²) in [7, 11) is 0. The first kappa shape index (κ1) is 17.7. The topological polar surface area (TPSA) is 29.5 Å². The van der Waals surface area contributed by atoms with E-state index in [-0.39, 0.29) is 5.78 Å². The molecule has 23 heavy (non-hydrogen) atoms. The van der Waals surface area contributed by atoms with Crippen molar-refractivity contribution in [1.82, 2.24) is 4.90 Å². The fraction of sp³-hybridized carbons (Fsp3) is 0.550. The molecular weight excluding hydrogens is 286 g/mol. The van der Waals surface area contributed by atoms with Crippen LogP contribution in [0.15, 0.2) is 29.8 Å². The second kappa shape index (κ2) is 9.51. The molecule has 0 amide bonds. The van der Waals surface area contributed by atoms with Gasteiger partial charge in [-0.3, -0.25) is 9.69 Å². The van der Waals surface area contributed by atoms with E-state index in [2.05, 4.69) is 18.7 Å². The molecule has 0 saturated carbocycles. The molecule has 126 valence electrons. The summed E-state index contributed by atoms with van der Waals surface area (Å²) in [5.41, 5.74) is 2.01. The molecule has 0 bridgehead atoms. The Balaban J connectivity index is 1.94. The van der Waals surface area contributed by atoms with Crippen molar-refractivity contribution >= 4 is 11.9 Å².